The van der Waals surface area contributed by atoms with Crippen LogP contribution in [0.15, 0.2) is 48.5 Å². The maximum absolute atomic E-state index is 13.0. The Morgan fingerprint density at radius 1 is 1.08 bits per heavy atom. The summed E-state index contributed by atoms with van der Waals surface area (Å²) in [5.74, 6) is 0.600. The molecular formula is C21H25NO3. The Kier molecular flexibility index (Phi) is 6.75. The van der Waals surface area contributed by atoms with Gasteiger partial charge in [0.2, 0.25) is 5.91 Å². The third-order valence-electron chi connectivity index (χ3n) is 4.13. The summed E-state index contributed by atoms with van der Waals surface area (Å²) in [7, 11) is 1.57. The van der Waals surface area contributed by atoms with Crippen molar-refractivity contribution in [2.75, 3.05) is 18.6 Å². The summed E-state index contributed by atoms with van der Waals surface area (Å²) < 4.78 is 5.37. The lowest BCUT2D eigenvalue weighted by atomic mass is 10.0. The Hall–Kier alpha value is -2.62. The van der Waals surface area contributed by atoms with E-state index < -0.39 is 0 Å². The Morgan fingerprint density at radius 3 is 2.40 bits per heavy atom. The first-order valence-corrected chi connectivity index (χ1v) is 8.60. The quantitative estimate of drug-likeness (QED) is 0.675. The molecule has 4 heteroatoms. The van der Waals surface area contributed by atoms with Crippen LogP contribution in [0.3, 0.4) is 0 Å². The molecule has 0 saturated heterocycles. The number of ether oxygens (including phenoxy) is 1. The highest BCUT2D eigenvalue weighted by Gasteiger charge is 2.18. The summed E-state index contributed by atoms with van der Waals surface area (Å²) in [4.78, 5) is 26.4. The minimum absolute atomic E-state index is 0.00125. The number of unbranched alkanes of at least 4 members (excludes halogenated alkanes) is 1. The van der Waals surface area contributed by atoms with Crippen molar-refractivity contribution >= 4 is 17.4 Å². The van der Waals surface area contributed by atoms with Crippen molar-refractivity contribution < 1.29 is 14.3 Å². The van der Waals surface area contributed by atoms with Crippen LogP contribution >= 0.6 is 0 Å². The zero-order valence-electron chi connectivity index (χ0n) is 15.1. The van der Waals surface area contributed by atoms with E-state index in [2.05, 4.69) is 6.92 Å². The average molecular weight is 339 g/mol. The molecule has 2 aromatic rings. The van der Waals surface area contributed by atoms with E-state index in [0.29, 0.717) is 17.9 Å². The monoisotopic (exact) mass is 339 g/mol. The lowest BCUT2D eigenvalue weighted by molar-refractivity contribution is -0.118. The summed E-state index contributed by atoms with van der Waals surface area (Å²) in [6.07, 6.45) is 2.15. The third kappa shape index (κ3) is 4.92. The SMILES string of the molecule is CCCCN(C(=O)Cc1cc(C(C)=O)ccc1OC)c1ccccc1. The fourth-order valence-electron chi connectivity index (χ4n) is 2.72. The number of carbonyl (C=O) groups excluding carboxylic acids is 2. The standard InChI is InChI=1S/C21H25NO3/c1-4-5-13-22(19-9-7-6-8-10-19)21(24)15-18-14-17(16(2)23)11-12-20(18)25-3/h6-12,14H,4-5,13,15H2,1-3H3. The van der Waals surface area contributed by atoms with Crippen LogP contribution in [0.4, 0.5) is 5.69 Å². The molecule has 0 spiro atoms. The molecule has 0 atom stereocenters. The number of Topliss-reactive ketones (excluding diaryl/α,β-unsaturated/α-hetero) is 1. The fraction of sp³-hybridized carbons (Fsp3) is 0.333. The number of methoxy groups -OCH3 is 1. The van der Waals surface area contributed by atoms with Crippen molar-refractivity contribution in [2.24, 2.45) is 0 Å². The molecule has 0 aliphatic carbocycles. The van der Waals surface area contributed by atoms with Gasteiger partial charge >= 0.3 is 0 Å². The first kappa shape index (κ1) is 18.7. The van der Waals surface area contributed by atoms with Crippen LogP contribution in [0.25, 0.3) is 0 Å². The normalized spacial score (nSPS) is 10.4. The molecule has 0 N–H and O–H groups in total. The second-order valence-corrected chi connectivity index (χ2v) is 5.99. The number of para-hydroxylation sites is 1. The summed E-state index contributed by atoms with van der Waals surface area (Å²) in [5, 5.41) is 0. The number of hydrogen-bond acceptors (Lipinski definition) is 3. The Balaban J connectivity index is 2.28. The summed E-state index contributed by atoms with van der Waals surface area (Å²) >= 11 is 0. The van der Waals surface area contributed by atoms with Crippen molar-refractivity contribution in [3.05, 3.63) is 59.7 Å². The van der Waals surface area contributed by atoms with Crippen LogP contribution in [0.1, 0.15) is 42.6 Å². The molecule has 0 aliphatic rings. The van der Waals surface area contributed by atoms with E-state index in [1.165, 1.54) is 6.92 Å². The van der Waals surface area contributed by atoms with Crippen LogP contribution < -0.4 is 9.64 Å². The minimum atomic E-state index is -0.0257. The molecule has 0 aliphatic heterocycles. The van der Waals surface area contributed by atoms with Gasteiger partial charge in [-0.25, -0.2) is 0 Å². The molecule has 1 amide bonds. The van der Waals surface area contributed by atoms with Gasteiger partial charge in [-0.1, -0.05) is 31.5 Å². The minimum Gasteiger partial charge on any atom is -0.496 e. The van der Waals surface area contributed by atoms with E-state index in [1.807, 2.05) is 35.2 Å². The smallest absolute Gasteiger partial charge is 0.231 e. The molecule has 0 saturated carbocycles. The summed E-state index contributed by atoms with van der Waals surface area (Å²) in [6, 6.07) is 14.9. The van der Waals surface area contributed by atoms with Crippen LogP contribution in [-0.4, -0.2) is 25.3 Å². The number of carbonyl (C=O) groups is 2. The molecule has 132 valence electrons. The number of amides is 1. The van der Waals surface area contributed by atoms with Gasteiger partial charge in [0, 0.05) is 23.4 Å². The third-order valence-corrected chi connectivity index (χ3v) is 4.13. The van der Waals surface area contributed by atoms with E-state index >= 15 is 0 Å². The number of benzene rings is 2. The van der Waals surface area contributed by atoms with Gasteiger partial charge in [-0.3, -0.25) is 9.59 Å². The van der Waals surface area contributed by atoms with E-state index in [0.717, 1.165) is 24.1 Å². The van der Waals surface area contributed by atoms with Gasteiger partial charge < -0.3 is 9.64 Å². The number of rotatable bonds is 8. The van der Waals surface area contributed by atoms with Gasteiger partial charge in [0.1, 0.15) is 5.75 Å². The van der Waals surface area contributed by atoms with Crippen molar-refractivity contribution in [1.82, 2.24) is 0 Å². The molecule has 0 heterocycles. The molecule has 0 radical (unpaired) electrons. The predicted molar refractivity (Wildman–Crippen MR) is 100 cm³/mol. The zero-order valence-corrected chi connectivity index (χ0v) is 15.1. The summed E-state index contributed by atoms with van der Waals surface area (Å²) in [6.45, 7) is 4.30. The molecule has 25 heavy (non-hydrogen) atoms. The van der Waals surface area contributed by atoms with Gasteiger partial charge in [-0.15, -0.1) is 0 Å². The molecule has 4 nitrogen and oxygen atoms in total. The molecule has 0 unspecified atom stereocenters. The zero-order chi connectivity index (χ0) is 18.2. The number of nitrogens with zero attached hydrogens (tertiary/aromatic N) is 1. The highest BCUT2D eigenvalue weighted by Crippen LogP contribution is 2.23. The molecule has 0 aromatic heterocycles. The molecule has 0 fully saturated rings. The largest absolute Gasteiger partial charge is 0.496 e. The lowest BCUT2D eigenvalue weighted by Crippen LogP contribution is -2.33. The second kappa shape index (κ2) is 9.02. The van der Waals surface area contributed by atoms with E-state index in [9.17, 15) is 9.59 Å². The Bertz CT molecular complexity index is 725. The maximum atomic E-state index is 13.0. The fourth-order valence-corrected chi connectivity index (χ4v) is 2.72. The molecule has 0 bridgehead atoms. The predicted octanol–water partition coefficient (Wildman–Crippen LogP) is 4.27. The topological polar surface area (TPSA) is 46.6 Å². The van der Waals surface area contributed by atoms with Gasteiger partial charge in [0.25, 0.3) is 0 Å². The highest BCUT2D eigenvalue weighted by molar-refractivity contribution is 5.97. The van der Waals surface area contributed by atoms with Crippen molar-refractivity contribution in [3.63, 3.8) is 0 Å². The molecule has 2 aromatic carbocycles. The Morgan fingerprint density at radius 2 is 1.80 bits per heavy atom. The molecular weight excluding hydrogens is 314 g/mol. The van der Waals surface area contributed by atoms with Gasteiger partial charge in [-0.05, 0) is 43.7 Å². The molecule has 2 rings (SSSR count). The first-order valence-electron chi connectivity index (χ1n) is 8.60. The van der Waals surface area contributed by atoms with E-state index in [-0.39, 0.29) is 18.1 Å². The van der Waals surface area contributed by atoms with Gasteiger partial charge in [0.15, 0.2) is 5.78 Å². The van der Waals surface area contributed by atoms with Gasteiger partial charge in [0.05, 0.1) is 13.5 Å². The first-order chi connectivity index (χ1) is 12.1. The number of anilines is 1. The number of hydrogen-bond donors (Lipinski definition) is 0. The van der Waals surface area contributed by atoms with Crippen molar-refractivity contribution in [2.45, 2.75) is 33.1 Å². The van der Waals surface area contributed by atoms with Crippen molar-refractivity contribution in [1.29, 1.82) is 0 Å². The van der Waals surface area contributed by atoms with Crippen LogP contribution in [-0.2, 0) is 11.2 Å². The van der Waals surface area contributed by atoms with Crippen LogP contribution in [0.5, 0.6) is 5.75 Å². The maximum Gasteiger partial charge on any atom is 0.231 e. The highest BCUT2D eigenvalue weighted by atomic mass is 16.5. The van der Waals surface area contributed by atoms with E-state index in [4.69, 9.17) is 4.74 Å². The average Bonchev–Trinajstić information content (AvgIpc) is 2.62. The lowest BCUT2D eigenvalue weighted by Gasteiger charge is -2.23. The van der Waals surface area contributed by atoms with Crippen molar-refractivity contribution in [3.8, 4) is 5.75 Å². The summed E-state index contributed by atoms with van der Waals surface area (Å²) in [5.41, 5.74) is 2.21. The van der Waals surface area contributed by atoms with Gasteiger partial charge in [-0.2, -0.15) is 0 Å². The number of ketones is 1. The van der Waals surface area contributed by atoms with Crippen LogP contribution in [0, 0.1) is 0 Å². The van der Waals surface area contributed by atoms with E-state index in [1.54, 1.807) is 25.3 Å². The second-order valence-electron chi connectivity index (χ2n) is 5.99. The Labute approximate surface area is 149 Å². The van der Waals surface area contributed by atoms with Crippen LogP contribution in [0.2, 0.25) is 0 Å².